The van der Waals surface area contributed by atoms with Gasteiger partial charge < -0.3 is 11.1 Å². The summed E-state index contributed by atoms with van der Waals surface area (Å²) in [6, 6.07) is 11.8. The van der Waals surface area contributed by atoms with Crippen LogP contribution in [0, 0.1) is 6.92 Å². The average Bonchev–Trinajstić information content (AvgIpc) is 2.47. The molecule has 114 valence electrons. The van der Waals surface area contributed by atoms with E-state index in [1.807, 2.05) is 43.3 Å². The third kappa shape index (κ3) is 3.02. The molecule has 0 spiro atoms. The number of nitrogens with two attached hydrogens (primary N) is 1. The Morgan fingerprint density at radius 1 is 1.27 bits per heavy atom. The summed E-state index contributed by atoms with van der Waals surface area (Å²) >= 11 is 3.48. The van der Waals surface area contributed by atoms with E-state index in [0.717, 1.165) is 35.0 Å². The van der Waals surface area contributed by atoms with Crippen molar-refractivity contribution in [2.75, 3.05) is 5.73 Å². The topological polar surface area (TPSA) is 55.1 Å². The molecule has 3 N–H and O–H groups in total. The molecule has 0 fully saturated rings. The Morgan fingerprint density at radius 2 is 2.09 bits per heavy atom. The summed E-state index contributed by atoms with van der Waals surface area (Å²) in [5.74, 6) is -0.0402. The van der Waals surface area contributed by atoms with E-state index in [2.05, 4.69) is 21.2 Å². The van der Waals surface area contributed by atoms with Crippen molar-refractivity contribution in [1.29, 1.82) is 0 Å². The number of amides is 1. The van der Waals surface area contributed by atoms with Crippen LogP contribution < -0.4 is 11.1 Å². The van der Waals surface area contributed by atoms with Gasteiger partial charge in [0.2, 0.25) is 0 Å². The molecule has 0 aliphatic heterocycles. The molecule has 1 amide bonds. The molecule has 0 radical (unpaired) electrons. The van der Waals surface area contributed by atoms with E-state index in [0.29, 0.717) is 5.56 Å². The number of carbonyl (C=O) groups is 1. The van der Waals surface area contributed by atoms with Crippen LogP contribution in [0.2, 0.25) is 0 Å². The number of fused-ring (bicyclic) bond motifs is 1. The second kappa shape index (κ2) is 6.13. The van der Waals surface area contributed by atoms with Gasteiger partial charge >= 0.3 is 0 Å². The van der Waals surface area contributed by atoms with Crippen molar-refractivity contribution >= 4 is 27.5 Å². The van der Waals surface area contributed by atoms with Gasteiger partial charge in [0.1, 0.15) is 0 Å². The maximum Gasteiger partial charge on any atom is 0.252 e. The normalized spacial score (nSPS) is 16.9. The lowest BCUT2D eigenvalue weighted by Crippen LogP contribution is -2.31. The van der Waals surface area contributed by atoms with Gasteiger partial charge in [-0.1, -0.05) is 12.1 Å². The van der Waals surface area contributed by atoms with Crippen LogP contribution in [0.25, 0.3) is 0 Å². The molecule has 0 aromatic heterocycles. The number of aryl methyl sites for hydroxylation is 2. The van der Waals surface area contributed by atoms with Crippen LogP contribution in [0.4, 0.5) is 5.69 Å². The smallest absolute Gasteiger partial charge is 0.252 e. The first-order valence-corrected chi connectivity index (χ1v) is 8.29. The Kier molecular flexibility index (Phi) is 4.21. The standard InChI is InChI=1S/C18H19BrN2O/c1-11-5-7-15(16(19)9-11)18(22)21-17-4-2-3-12-10-13(20)6-8-14(12)17/h5-10,17H,2-4,20H2,1H3,(H,21,22). The lowest BCUT2D eigenvalue weighted by atomic mass is 9.87. The van der Waals surface area contributed by atoms with E-state index in [-0.39, 0.29) is 11.9 Å². The third-order valence-corrected chi connectivity index (χ3v) is 4.81. The minimum Gasteiger partial charge on any atom is -0.399 e. The lowest BCUT2D eigenvalue weighted by Gasteiger charge is -2.27. The van der Waals surface area contributed by atoms with Crippen molar-refractivity contribution in [2.24, 2.45) is 0 Å². The molecule has 3 rings (SSSR count). The molecule has 2 aromatic carbocycles. The fraction of sp³-hybridized carbons (Fsp3) is 0.278. The molecule has 22 heavy (non-hydrogen) atoms. The summed E-state index contributed by atoms with van der Waals surface area (Å²) in [7, 11) is 0. The Bertz CT molecular complexity index is 727. The van der Waals surface area contributed by atoms with Gasteiger partial charge in [-0.15, -0.1) is 0 Å². The van der Waals surface area contributed by atoms with Crippen molar-refractivity contribution in [3.63, 3.8) is 0 Å². The zero-order chi connectivity index (χ0) is 15.7. The molecule has 0 heterocycles. The van der Waals surface area contributed by atoms with E-state index in [4.69, 9.17) is 5.73 Å². The molecular formula is C18H19BrN2O. The summed E-state index contributed by atoms with van der Waals surface area (Å²) in [4.78, 5) is 12.6. The highest BCUT2D eigenvalue weighted by Crippen LogP contribution is 2.31. The van der Waals surface area contributed by atoms with Crippen LogP contribution in [0.3, 0.4) is 0 Å². The van der Waals surface area contributed by atoms with Crippen LogP contribution in [0.15, 0.2) is 40.9 Å². The molecule has 1 aliphatic carbocycles. The van der Waals surface area contributed by atoms with E-state index in [1.54, 1.807) is 0 Å². The number of hydrogen-bond donors (Lipinski definition) is 2. The van der Waals surface area contributed by atoms with Crippen LogP contribution in [-0.4, -0.2) is 5.91 Å². The molecule has 1 atom stereocenters. The Balaban J connectivity index is 1.84. The highest BCUT2D eigenvalue weighted by molar-refractivity contribution is 9.10. The van der Waals surface area contributed by atoms with Crippen molar-refractivity contribution in [2.45, 2.75) is 32.2 Å². The number of hydrogen-bond acceptors (Lipinski definition) is 2. The highest BCUT2D eigenvalue weighted by atomic mass is 79.9. The summed E-state index contributed by atoms with van der Waals surface area (Å²) in [6.45, 7) is 2.01. The minimum absolute atomic E-state index is 0.0402. The van der Waals surface area contributed by atoms with E-state index < -0.39 is 0 Å². The maximum atomic E-state index is 12.6. The van der Waals surface area contributed by atoms with Gasteiger partial charge in [0, 0.05) is 10.2 Å². The van der Waals surface area contributed by atoms with Crippen LogP contribution >= 0.6 is 15.9 Å². The van der Waals surface area contributed by atoms with Gasteiger partial charge in [0.15, 0.2) is 0 Å². The van der Waals surface area contributed by atoms with Gasteiger partial charge in [0.25, 0.3) is 5.91 Å². The van der Waals surface area contributed by atoms with Crippen LogP contribution in [0.1, 0.15) is 45.9 Å². The second-order valence-corrected chi connectivity index (χ2v) is 6.71. The fourth-order valence-electron chi connectivity index (χ4n) is 3.02. The van der Waals surface area contributed by atoms with Gasteiger partial charge in [-0.2, -0.15) is 0 Å². The largest absolute Gasteiger partial charge is 0.399 e. The first-order valence-electron chi connectivity index (χ1n) is 7.50. The molecule has 1 unspecified atom stereocenters. The van der Waals surface area contributed by atoms with Gasteiger partial charge in [-0.05, 0) is 83.1 Å². The van der Waals surface area contributed by atoms with E-state index in [1.165, 1.54) is 11.1 Å². The van der Waals surface area contributed by atoms with Gasteiger partial charge in [0.05, 0.1) is 11.6 Å². The molecule has 1 aliphatic rings. The number of nitrogens with one attached hydrogen (secondary N) is 1. The number of nitrogen functional groups attached to an aromatic ring is 1. The molecule has 2 aromatic rings. The van der Waals surface area contributed by atoms with Crippen molar-refractivity contribution in [3.05, 3.63) is 63.1 Å². The van der Waals surface area contributed by atoms with Gasteiger partial charge in [-0.25, -0.2) is 0 Å². The van der Waals surface area contributed by atoms with E-state index >= 15 is 0 Å². The molecule has 0 saturated carbocycles. The quantitative estimate of drug-likeness (QED) is 0.792. The number of rotatable bonds is 2. The molecular weight excluding hydrogens is 340 g/mol. The number of halogens is 1. The van der Waals surface area contributed by atoms with Crippen LogP contribution in [-0.2, 0) is 6.42 Å². The monoisotopic (exact) mass is 358 g/mol. The molecule has 0 saturated heterocycles. The summed E-state index contributed by atoms with van der Waals surface area (Å²) < 4.78 is 0.832. The number of benzene rings is 2. The Hall–Kier alpha value is -1.81. The zero-order valence-electron chi connectivity index (χ0n) is 12.5. The van der Waals surface area contributed by atoms with Crippen LogP contribution in [0.5, 0.6) is 0 Å². The zero-order valence-corrected chi connectivity index (χ0v) is 14.1. The minimum atomic E-state index is -0.0402. The Morgan fingerprint density at radius 3 is 2.86 bits per heavy atom. The predicted molar refractivity (Wildman–Crippen MR) is 92.9 cm³/mol. The number of anilines is 1. The predicted octanol–water partition coefficient (Wildman–Crippen LogP) is 4.15. The van der Waals surface area contributed by atoms with E-state index in [9.17, 15) is 4.79 Å². The second-order valence-electron chi connectivity index (χ2n) is 5.86. The average molecular weight is 359 g/mol. The summed E-state index contributed by atoms with van der Waals surface area (Å²) in [5, 5.41) is 3.16. The highest BCUT2D eigenvalue weighted by Gasteiger charge is 2.23. The fourth-order valence-corrected chi connectivity index (χ4v) is 3.70. The van der Waals surface area contributed by atoms with Gasteiger partial charge in [-0.3, -0.25) is 4.79 Å². The molecule has 4 heteroatoms. The molecule has 0 bridgehead atoms. The van der Waals surface area contributed by atoms with Crippen molar-refractivity contribution in [3.8, 4) is 0 Å². The first kappa shape index (κ1) is 15.1. The first-order chi connectivity index (χ1) is 10.5. The molecule has 3 nitrogen and oxygen atoms in total. The lowest BCUT2D eigenvalue weighted by molar-refractivity contribution is 0.0932. The Labute approximate surface area is 139 Å². The summed E-state index contributed by atoms with van der Waals surface area (Å²) in [6.07, 6.45) is 3.06. The van der Waals surface area contributed by atoms with Crippen molar-refractivity contribution < 1.29 is 4.79 Å². The summed E-state index contributed by atoms with van der Waals surface area (Å²) in [5.41, 5.74) is 10.9. The maximum absolute atomic E-state index is 12.6. The van der Waals surface area contributed by atoms with Crippen molar-refractivity contribution in [1.82, 2.24) is 5.32 Å². The number of carbonyl (C=O) groups excluding carboxylic acids is 1. The SMILES string of the molecule is Cc1ccc(C(=O)NC2CCCc3cc(N)ccc32)c(Br)c1. The third-order valence-electron chi connectivity index (χ3n) is 4.16.